The number of phenolic OH excluding ortho intramolecular Hbond substituents is 1. The van der Waals surface area contributed by atoms with Gasteiger partial charge in [0.1, 0.15) is 5.75 Å². The number of nitro groups is 1. The molecule has 0 aliphatic carbocycles. The summed E-state index contributed by atoms with van der Waals surface area (Å²) in [6.45, 7) is -0.232. The van der Waals surface area contributed by atoms with Gasteiger partial charge in [0.2, 0.25) is 0 Å². The fourth-order valence-electron chi connectivity index (χ4n) is 1.38. The number of phenols is 1. The maximum Gasteiger partial charge on any atom is 0.277 e. The summed E-state index contributed by atoms with van der Waals surface area (Å²) in [6, 6.07) is 1.57. The average Bonchev–Trinajstić information content (AvgIpc) is 2.21. The Morgan fingerprint density at radius 2 is 2.12 bits per heavy atom. The molecular formula is C9H12Cl2N2O4. The van der Waals surface area contributed by atoms with Crippen LogP contribution in [0.5, 0.6) is 5.75 Å². The number of aliphatic hydroxyl groups excluding tert-OH is 1. The first kappa shape index (κ1) is 15.9. The maximum atomic E-state index is 10.7. The molecule has 17 heavy (non-hydrogen) atoms. The number of aliphatic hydroxyl groups is 1. The largest absolute Gasteiger partial charge is 0.506 e. The van der Waals surface area contributed by atoms with Crippen LogP contribution in [-0.4, -0.2) is 21.7 Å². The van der Waals surface area contributed by atoms with Crippen molar-refractivity contribution < 1.29 is 15.1 Å². The van der Waals surface area contributed by atoms with Crippen molar-refractivity contribution >= 4 is 29.7 Å². The molecule has 1 atom stereocenters. The fraction of sp³-hybridized carbons (Fsp3) is 0.333. The lowest BCUT2D eigenvalue weighted by atomic mass is 10.0. The van der Waals surface area contributed by atoms with E-state index in [4.69, 9.17) is 22.4 Å². The van der Waals surface area contributed by atoms with E-state index in [-0.39, 0.29) is 41.7 Å². The van der Waals surface area contributed by atoms with Gasteiger partial charge in [-0.15, -0.1) is 12.4 Å². The van der Waals surface area contributed by atoms with Gasteiger partial charge in [0.05, 0.1) is 15.5 Å². The van der Waals surface area contributed by atoms with Crippen molar-refractivity contribution in [3.05, 3.63) is 32.8 Å². The summed E-state index contributed by atoms with van der Waals surface area (Å²) in [7, 11) is 0. The summed E-state index contributed by atoms with van der Waals surface area (Å²) in [6.07, 6.45) is 0.106. The summed E-state index contributed by atoms with van der Waals surface area (Å²) in [5, 5.41) is 29.1. The van der Waals surface area contributed by atoms with Crippen LogP contribution >= 0.6 is 24.0 Å². The van der Waals surface area contributed by atoms with Gasteiger partial charge < -0.3 is 15.9 Å². The van der Waals surface area contributed by atoms with Crippen LogP contribution in [0.3, 0.4) is 0 Å². The van der Waals surface area contributed by atoms with Crippen molar-refractivity contribution in [2.24, 2.45) is 5.73 Å². The molecule has 0 amide bonds. The number of hydrogen-bond donors (Lipinski definition) is 3. The minimum Gasteiger partial charge on any atom is -0.506 e. The van der Waals surface area contributed by atoms with Crippen LogP contribution in [0.2, 0.25) is 5.02 Å². The van der Waals surface area contributed by atoms with Crippen molar-refractivity contribution in [1.29, 1.82) is 0 Å². The molecule has 0 aliphatic rings. The first-order valence-electron chi connectivity index (χ1n) is 4.51. The van der Waals surface area contributed by atoms with E-state index in [0.717, 1.165) is 0 Å². The highest BCUT2D eigenvalue weighted by Crippen LogP contribution is 2.38. The molecule has 0 heterocycles. The van der Waals surface area contributed by atoms with Crippen LogP contribution in [0, 0.1) is 10.1 Å². The van der Waals surface area contributed by atoms with Gasteiger partial charge in [0.25, 0.3) is 5.69 Å². The highest BCUT2D eigenvalue weighted by molar-refractivity contribution is 6.32. The Kier molecular flexibility index (Phi) is 6.19. The molecule has 0 aliphatic heterocycles. The second-order valence-electron chi connectivity index (χ2n) is 3.20. The van der Waals surface area contributed by atoms with Crippen molar-refractivity contribution in [2.75, 3.05) is 6.61 Å². The lowest BCUT2D eigenvalue weighted by Gasteiger charge is -2.13. The first-order valence-corrected chi connectivity index (χ1v) is 4.89. The highest BCUT2D eigenvalue weighted by atomic mass is 35.5. The SMILES string of the molecule is Cl.N[C@H](CCO)c1c([N+](=O)[O-])ccc(Cl)c1O. The summed E-state index contributed by atoms with van der Waals surface area (Å²) in [5.41, 5.74) is 5.28. The Morgan fingerprint density at radius 3 is 2.59 bits per heavy atom. The molecule has 4 N–H and O–H groups in total. The van der Waals surface area contributed by atoms with Crippen LogP contribution < -0.4 is 5.73 Å². The number of nitrogens with two attached hydrogens (primary N) is 1. The Balaban J connectivity index is 0.00000256. The van der Waals surface area contributed by atoms with Crippen molar-refractivity contribution in [2.45, 2.75) is 12.5 Å². The molecule has 1 aromatic carbocycles. The van der Waals surface area contributed by atoms with Gasteiger partial charge in [-0.05, 0) is 12.5 Å². The monoisotopic (exact) mass is 282 g/mol. The third kappa shape index (κ3) is 3.44. The van der Waals surface area contributed by atoms with Gasteiger partial charge in [-0.25, -0.2) is 0 Å². The standard InChI is InChI=1S/C9H11ClN2O4.ClH/c10-5-1-2-7(12(15)16)8(9(5)14)6(11)3-4-13;/h1-2,6,13-14H,3-4,11H2;1H/t6-;/m1./s1. The highest BCUT2D eigenvalue weighted by Gasteiger charge is 2.24. The molecule has 1 rings (SSSR count). The number of nitro benzene ring substituents is 1. The lowest BCUT2D eigenvalue weighted by Crippen LogP contribution is -2.14. The zero-order valence-electron chi connectivity index (χ0n) is 8.67. The number of rotatable bonds is 4. The topological polar surface area (TPSA) is 110 Å². The third-order valence-corrected chi connectivity index (χ3v) is 2.46. The molecule has 96 valence electrons. The van der Waals surface area contributed by atoms with Crippen molar-refractivity contribution in [3.63, 3.8) is 0 Å². The van der Waals surface area contributed by atoms with E-state index in [0.29, 0.717) is 0 Å². The minimum atomic E-state index is -0.830. The average molecular weight is 283 g/mol. The number of nitrogens with zero attached hydrogens (tertiary/aromatic N) is 1. The molecule has 0 fully saturated rings. The lowest BCUT2D eigenvalue weighted by molar-refractivity contribution is -0.385. The molecule has 8 heteroatoms. The number of aromatic hydroxyl groups is 1. The molecular weight excluding hydrogens is 271 g/mol. The van der Waals surface area contributed by atoms with Gasteiger partial charge in [-0.2, -0.15) is 0 Å². The predicted molar refractivity (Wildman–Crippen MR) is 65.7 cm³/mol. The van der Waals surface area contributed by atoms with Gasteiger partial charge in [0, 0.05) is 18.7 Å². The number of benzene rings is 1. The second kappa shape index (κ2) is 6.61. The van der Waals surface area contributed by atoms with Crippen LogP contribution in [0.1, 0.15) is 18.0 Å². The predicted octanol–water partition coefficient (Wildman–Crippen LogP) is 1.76. The maximum absolute atomic E-state index is 10.7. The Bertz CT molecular complexity index is 414. The number of halogens is 2. The van der Waals surface area contributed by atoms with E-state index in [1.165, 1.54) is 12.1 Å². The molecule has 0 radical (unpaired) electrons. The van der Waals surface area contributed by atoms with E-state index < -0.39 is 16.7 Å². The molecule has 0 unspecified atom stereocenters. The van der Waals surface area contributed by atoms with Crippen LogP contribution in [0.15, 0.2) is 12.1 Å². The third-order valence-electron chi connectivity index (χ3n) is 2.15. The van der Waals surface area contributed by atoms with Crippen LogP contribution in [-0.2, 0) is 0 Å². The van der Waals surface area contributed by atoms with E-state index in [9.17, 15) is 15.2 Å². The second-order valence-corrected chi connectivity index (χ2v) is 3.61. The summed E-state index contributed by atoms with van der Waals surface area (Å²) < 4.78 is 0. The van der Waals surface area contributed by atoms with E-state index in [1.807, 2.05) is 0 Å². The summed E-state index contributed by atoms with van der Waals surface area (Å²) in [4.78, 5) is 10.1. The van der Waals surface area contributed by atoms with E-state index in [1.54, 1.807) is 0 Å². The smallest absolute Gasteiger partial charge is 0.277 e. The summed E-state index contributed by atoms with van der Waals surface area (Å²) >= 11 is 5.64. The molecule has 1 aromatic rings. The Hall–Kier alpha value is -1.08. The molecule has 0 saturated heterocycles. The van der Waals surface area contributed by atoms with Crippen LogP contribution in [0.25, 0.3) is 0 Å². The minimum absolute atomic E-state index is 0. The molecule has 0 aromatic heterocycles. The van der Waals surface area contributed by atoms with E-state index in [2.05, 4.69) is 0 Å². The van der Waals surface area contributed by atoms with Crippen LogP contribution in [0.4, 0.5) is 5.69 Å². The van der Waals surface area contributed by atoms with Gasteiger partial charge in [0.15, 0.2) is 0 Å². The van der Waals surface area contributed by atoms with Gasteiger partial charge in [-0.3, -0.25) is 10.1 Å². The number of hydrogen-bond acceptors (Lipinski definition) is 5. The normalized spacial score (nSPS) is 11.7. The van der Waals surface area contributed by atoms with Gasteiger partial charge >= 0.3 is 0 Å². The molecule has 0 saturated carbocycles. The molecule has 6 nitrogen and oxygen atoms in total. The Labute approximate surface area is 109 Å². The van der Waals surface area contributed by atoms with Crippen molar-refractivity contribution in [3.8, 4) is 5.75 Å². The molecule has 0 bridgehead atoms. The fourth-order valence-corrected chi connectivity index (χ4v) is 1.54. The van der Waals surface area contributed by atoms with Gasteiger partial charge in [-0.1, -0.05) is 11.6 Å². The van der Waals surface area contributed by atoms with Crippen molar-refractivity contribution in [1.82, 2.24) is 0 Å². The van der Waals surface area contributed by atoms with E-state index >= 15 is 0 Å². The molecule has 0 spiro atoms. The Morgan fingerprint density at radius 1 is 1.53 bits per heavy atom. The summed E-state index contributed by atoms with van der Waals surface area (Å²) in [5.74, 6) is -0.406. The zero-order chi connectivity index (χ0) is 12.3. The zero-order valence-corrected chi connectivity index (χ0v) is 10.2. The first-order chi connectivity index (χ1) is 7.49. The quantitative estimate of drug-likeness (QED) is 0.576.